The van der Waals surface area contributed by atoms with Gasteiger partial charge < -0.3 is 10.6 Å². The quantitative estimate of drug-likeness (QED) is 0.167. The summed E-state index contributed by atoms with van der Waals surface area (Å²) in [5.41, 5.74) is -0.297. The number of nitrogens with one attached hydrogen (secondary N) is 2. The van der Waals surface area contributed by atoms with E-state index < -0.39 is 41.8 Å². The molecule has 166 valence electrons. The van der Waals surface area contributed by atoms with E-state index in [0.29, 0.717) is 0 Å². The zero-order valence-corrected chi connectivity index (χ0v) is 19.7. The second-order valence-corrected chi connectivity index (χ2v) is 9.66. The number of benzene rings is 2. The first-order valence-electron chi connectivity index (χ1n) is 8.36. The molecule has 4 N–H and O–H groups in total. The number of alkyl halides is 1. The van der Waals surface area contributed by atoms with Gasteiger partial charge >= 0.3 is 0 Å². The SMILES string of the molecule is CC(=O)NC(=Cc1ccccc1S(=O)(=O)O)c1ccc(NC(=O)CI)cc1S(=O)(=O)O. The van der Waals surface area contributed by atoms with Crippen molar-refractivity contribution in [3.8, 4) is 0 Å². The summed E-state index contributed by atoms with van der Waals surface area (Å²) in [6.45, 7) is 1.14. The molecule has 0 saturated heterocycles. The summed E-state index contributed by atoms with van der Waals surface area (Å²) < 4.78 is 66.6. The highest BCUT2D eigenvalue weighted by molar-refractivity contribution is 14.1. The summed E-state index contributed by atoms with van der Waals surface area (Å²) in [4.78, 5) is 22.2. The Labute approximate surface area is 192 Å². The molecule has 2 rings (SSSR count). The van der Waals surface area contributed by atoms with Crippen LogP contribution in [0, 0.1) is 0 Å². The van der Waals surface area contributed by atoms with Crippen LogP contribution in [0.15, 0.2) is 52.3 Å². The Morgan fingerprint density at radius 2 is 1.61 bits per heavy atom. The van der Waals surface area contributed by atoms with Crippen LogP contribution in [0.3, 0.4) is 0 Å². The lowest BCUT2D eigenvalue weighted by Gasteiger charge is -2.15. The Hall–Kier alpha value is -2.33. The molecule has 31 heavy (non-hydrogen) atoms. The Morgan fingerprint density at radius 1 is 1.00 bits per heavy atom. The number of halogens is 1. The van der Waals surface area contributed by atoms with Crippen LogP contribution in [0.5, 0.6) is 0 Å². The largest absolute Gasteiger partial charge is 0.326 e. The normalized spacial score (nSPS) is 12.3. The van der Waals surface area contributed by atoms with Gasteiger partial charge in [-0.3, -0.25) is 18.7 Å². The fraction of sp³-hybridized carbons (Fsp3) is 0.111. The van der Waals surface area contributed by atoms with Gasteiger partial charge in [-0.1, -0.05) is 40.8 Å². The standard InChI is InChI=1S/C18H17IN2O8S2/c1-11(22)20-15(8-12-4-2-3-5-16(12)30(24,25)26)14-7-6-13(21-18(23)10-19)9-17(14)31(27,28)29/h2-9H,10H2,1H3,(H,20,22)(H,21,23)(H,24,25,26)(H,27,28,29). The Kier molecular flexibility index (Phi) is 7.93. The van der Waals surface area contributed by atoms with Crippen LogP contribution in [0.1, 0.15) is 18.1 Å². The van der Waals surface area contributed by atoms with Crippen LogP contribution in [0.4, 0.5) is 5.69 Å². The van der Waals surface area contributed by atoms with E-state index in [0.717, 1.165) is 25.1 Å². The third kappa shape index (κ3) is 6.83. The summed E-state index contributed by atoms with van der Waals surface area (Å²) in [7, 11) is -9.45. The highest BCUT2D eigenvalue weighted by Gasteiger charge is 2.21. The van der Waals surface area contributed by atoms with Crippen LogP contribution in [-0.2, 0) is 29.8 Å². The van der Waals surface area contributed by atoms with Gasteiger partial charge in [-0.25, -0.2) is 0 Å². The molecule has 2 aromatic carbocycles. The Balaban J connectivity index is 2.77. The second-order valence-electron chi connectivity index (χ2n) is 6.12. The highest BCUT2D eigenvalue weighted by Crippen LogP contribution is 2.28. The lowest BCUT2D eigenvalue weighted by Crippen LogP contribution is -2.20. The molecule has 0 saturated carbocycles. The van der Waals surface area contributed by atoms with Gasteiger partial charge in [-0.15, -0.1) is 0 Å². The van der Waals surface area contributed by atoms with Crippen molar-refractivity contribution in [1.82, 2.24) is 5.32 Å². The van der Waals surface area contributed by atoms with E-state index in [9.17, 15) is 35.5 Å². The van der Waals surface area contributed by atoms with Crippen molar-refractivity contribution in [3.63, 3.8) is 0 Å². The third-order valence-electron chi connectivity index (χ3n) is 3.76. The van der Waals surface area contributed by atoms with Gasteiger partial charge in [0.05, 0.1) is 4.43 Å². The fourth-order valence-corrected chi connectivity index (χ4v) is 4.19. The third-order valence-corrected chi connectivity index (χ3v) is 6.28. The topological polar surface area (TPSA) is 167 Å². The number of hydrogen-bond acceptors (Lipinski definition) is 6. The molecule has 0 aromatic heterocycles. The molecule has 0 aliphatic carbocycles. The van der Waals surface area contributed by atoms with Crippen molar-refractivity contribution in [2.24, 2.45) is 0 Å². The maximum Gasteiger partial charge on any atom is 0.295 e. The van der Waals surface area contributed by atoms with Gasteiger partial charge in [0, 0.05) is 23.9 Å². The predicted octanol–water partition coefficient (Wildman–Crippen LogP) is 2.19. The van der Waals surface area contributed by atoms with Gasteiger partial charge in [0.15, 0.2) is 0 Å². The molecule has 0 atom stereocenters. The average molecular weight is 580 g/mol. The van der Waals surface area contributed by atoms with E-state index in [-0.39, 0.29) is 26.9 Å². The minimum Gasteiger partial charge on any atom is -0.326 e. The van der Waals surface area contributed by atoms with Crippen molar-refractivity contribution in [2.45, 2.75) is 16.7 Å². The molecule has 0 radical (unpaired) electrons. The molecule has 10 nitrogen and oxygen atoms in total. The van der Waals surface area contributed by atoms with Crippen molar-refractivity contribution in [3.05, 3.63) is 53.6 Å². The molecule has 0 aliphatic heterocycles. The van der Waals surface area contributed by atoms with Crippen LogP contribution >= 0.6 is 22.6 Å². The second kappa shape index (κ2) is 9.86. The molecular weight excluding hydrogens is 563 g/mol. The van der Waals surface area contributed by atoms with Gasteiger partial charge in [0.2, 0.25) is 11.8 Å². The van der Waals surface area contributed by atoms with Crippen LogP contribution < -0.4 is 10.6 Å². The van der Waals surface area contributed by atoms with E-state index in [1.165, 1.54) is 30.3 Å². The molecule has 0 heterocycles. The minimum absolute atomic E-state index is 0.0441. The lowest BCUT2D eigenvalue weighted by molar-refractivity contribution is -0.117. The number of anilines is 1. The molecule has 13 heteroatoms. The smallest absolute Gasteiger partial charge is 0.295 e. The van der Waals surface area contributed by atoms with Crippen molar-refractivity contribution >= 4 is 72.1 Å². The number of carbonyl (C=O) groups is 2. The maximum absolute atomic E-state index is 12.0. The fourth-order valence-electron chi connectivity index (χ4n) is 2.59. The number of hydrogen-bond donors (Lipinski definition) is 4. The molecule has 0 spiro atoms. The number of carbonyl (C=O) groups excluding carboxylic acids is 2. The summed E-state index contributed by atoms with van der Waals surface area (Å²) >= 11 is 1.81. The van der Waals surface area contributed by atoms with Crippen molar-refractivity contribution < 1.29 is 35.5 Å². The van der Waals surface area contributed by atoms with E-state index in [2.05, 4.69) is 10.6 Å². The minimum atomic E-state index is -4.82. The summed E-state index contributed by atoms with van der Waals surface area (Å²) in [5.74, 6) is -1.02. The van der Waals surface area contributed by atoms with E-state index in [1.54, 1.807) is 0 Å². The first-order chi connectivity index (χ1) is 14.3. The van der Waals surface area contributed by atoms with E-state index >= 15 is 0 Å². The first kappa shape index (κ1) is 24.9. The van der Waals surface area contributed by atoms with Crippen LogP contribution in [-0.4, -0.2) is 42.2 Å². The van der Waals surface area contributed by atoms with Gasteiger partial charge in [-0.05, 0) is 35.9 Å². The van der Waals surface area contributed by atoms with Gasteiger partial charge in [0.1, 0.15) is 9.79 Å². The molecule has 2 aromatic rings. The van der Waals surface area contributed by atoms with Crippen LogP contribution in [0.25, 0.3) is 11.8 Å². The average Bonchev–Trinajstić information content (AvgIpc) is 2.66. The lowest BCUT2D eigenvalue weighted by atomic mass is 10.1. The zero-order valence-electron chi connectivity index (χ0n) is 15.9. The molecule has 2 amide bonds. The molecule has 0 aliphatic rings. The Bertz CT molecular complexity index is 1270. The van der Waals surface area contributed by atoms with Crippen LogP contribution in [0.2, 0.25) is 0 Å². The highest BCUT2D eigenvalue weighted by atomic mass is 127. The predicted molar refractivity (Wildman–Crippen MR) is 122 cm³/mol. The molecule has 0 bridgehead atoms. The summed E-state index contributed by atoms with van der Waals surface area (Å²) in [6, 6.07) is 8.86. The van der Waals surface area contributed by atoms with E-state index in [4.69, 9.17) is 0 Å². The van der Waals surface area contributed by atoms with Crippen molar-refractivity contribution in [2.75, 3.05) is 9.74 Å². The van der Waals surface area contributed by atoms with Gasteiger partial charge in [-0.2, -0.15) is 16.8 Å². The van der Waals surface area contributed by atoms with Gasteiger partial charge in [0.25, 0.3) is 20.2 Å². The monoisotopic (exact) mass is 580 g/mol. The zero-order chi connectivity index (χ0) is 23.4. The maximum atomic E-state index is 12.0. The Morgan fingerprint density at radius 3 is 2.16 bits per heavy atom. The summed E-state index contributed by atoms with van der Waals surface area (Å²) in [5, 5.41) is 4.84. The van der Waals surface area contributed by atoms with Crippen molar-refractivity contribution in [1.29, 1.82) is 0 Å². The summed E-state index contributed by atoms with van der Waals surface area (Å²) in [6.07, 6.45) is 1.14. The number of rotatable bonds is 7. The molecular formula is C18H17IN2O8S2. The first-order valence-corrected chi connectivity index (χ1v) is 12.8. The van der Waals surface area contributed by atoms with E-state index in [1.807, 2.05) is 22.6 Å². The number of amides is 2. The molecule has 0 unspecified atom stereocenters. The molecule has 0 fully saturated rings.